The number of aromatic nitrogens is 3. The number of halogens is 1. The molecule has 0 spiro atoms. The SMILES string of the molecule is COc1ccc(CN(C)C(=O)CCc2c(C)nc3c(cnn3C(C)C)c2C)cc1F. The van der Waals surface area contributed by atoms with Gasteiger partial charge in [-0.15, -0.1) is 0 Å². The average Bonchev–Trinajstić information content (AvgIpc) is 3.12. The first-order valence-corrected chi connectivity index (χ1v) is 10.1. The monoisotopic (exact) mass is 412 g/mol. The number of carbonyl (C=O) groups is 1. The van der Waals surface area contributed by atoms with Gasteiger partial charge >= 0.3 is 0 Å². The molecule has 1 aromatic carbocycles. The molecule has 0 unspecified atom stereocenters. The lowest BCUT2D eigenvalue weighted by Crippen LogP contribution is -2.26. The maximum Gasteiger partial charge on any atom is 0.222 e. The molecule has 1 amide bonds. The summed E-state index contributed by atoms with van der Waals surface area (Å²) in [6.45, 7) is 8.54. The second-order valence-corrected chi connectivity index (χ2v) is 7.94. The molecule has 6 nitrogen and oxygen atoms in total. The van der Waals surface area contributed by atoms with E-state index in [1.807, 2.05) is 17.8 Å². The third-order valence-corrected chi connectivity index (χ3v) is 5.48. The minimum Gasteiger partial charge on any atom is -0.494 e. The van der Waals surface area contributed by atoms with Crippen molar-refractivity contribution in [2.75, 3.05) is 14.2 Å². The summed E-state index contributed by atoms with van der Waals surface area (Å²) in [7, 11) is 3.16. The quantitative estimate of drug-likeness (QED) is 0.578. The highest BCUT2D eigenvalue weighted by atomic mass is 19.1. The number of amides is 1. The fourth-order valence-electron chi connectivity index (χ4n) is 3.73. The Balaban J connectivity index is 1.71. The molecule has 30 heavy (non-hydrogen) atoms. The van der Waals surface area contributed by atoms with E-state index < -0.39 is 5.82 Å². The van der Waals surface area contributed by atoms with Crippen LogP contribution in [0.3, 0.4) is 0 Å². The Labute approximate surface area is 176 Å². The van der Waals surface area contributed by atoms with Crippen LogP contribution < -0.4 is 4.74 Å². The maximum absolute atomic E-state index is 13.9. The lowest BCUT2D eigenvalue weighted by atomic mass is 10.00. The highest BCUT2D eigenvalue weighted by Gasteiger charge is 2.17. The summed E-state index contributed by atoms with van der Waals surface area (Å²) < 4.78 is 20.8. The number of nitrogens with zero attached hydrogens (tertiary/aromatic N) is 4. The molecule has 3 rings (SSSR count). The van der Waals surface area contributed by atoms with Crippen LogP contribution in [0.4, 0.5) is 4.39 Å². The third kappa shape index (κ3) is 4.30. The molecule has 2 aromatic heterocycles. The summed E-state index contributed by atoms with van der Waals surface area (Å²) in [5.41, 5.74) is 4.74. The van der Waals surface area contributed by atoms with Crippen molar-refractivity contribution in [3.63, 3.8) is 0 Å². The average molecular weight is 413 g/mol. The van der Waals surface area contributed by atoms with Gasteiger partial charge in [0.05, 0.1) is 13.3 Å². The first-order chi connectivity index (χ1) is 14.2. The molecule has 7 heteroatoms. The molecule has 0 bridgehead atoms. The second kappa shape index (κ2) is 8.81. The Hall–Kier alpha value is -2.96. The number of rotatable bonds is 7. The van der Waals surface area contributed by atoms with Crippen molar-refractivity contribution in [3.05, 3.63) is 52.6 Å². The molecule has 3 aromatic rings. The largest absolute Gasteiger partial charge is 0.494 e. The van der Waals surface area contributed by atoms with Crippen molar-refractivity contribution in [1.82, 2.24) is 19.7 Å². The molecular weight excluding hydrogens is 383 g/mol. The second-order valence-electron chi connectivity index (χ2n) is 7.94. The number of ether oxygens (including phenoxy) is 1. The number of hydrogen-bond donors (Lipinski definition) is 0. The maximum atomic E-state index is 13.9. The van der Waals surface area contributed by atoms with Gasteiger partial charge in [-0.2, -0.15) is 5.10 Å². The zero-order valence-electron chi connectivity index (χ0n) is 18.5. The first-order valence-electron chi connectivity index (χ1n) is 10.1. The van der Waals surface area contributed by atoms with E-state index in [0.717, 1.165) is 33.4 Å². The van der Waals surface area contributed by atoms with Gasteiger partial charge < -0.3 is 9.64 Å². The molecule has 0 aliphatic heterocycles. The smallest absolute Gasteiger partial charge is 0.222 e. The number of aryl methyl sites for hydroxylation is 2. The standard InChI is InChI=1S/C23H29FN4O2/c1-14(2)28-23-19(12-25-28)15(3)18(16(4)26-23)8-10-22(29)27(5)13-17-7-9-21(30-6)20(24)11-17/h7,9,11-12,14H,8,10,13H2,1-6H3. The number of hydrogen-bond acceptors (Lipinski definition) is 4. The van der Waals surface area contributed by atoms with Crippen LogP contribution in [0.2, 0.25) is 0 Å². The lowest BCUT2D eigenvalue weighted by molar-refractivity contribution is -0.130. The van der Waals surface area contributed by atoms with Gasteiger partial charge in [0.2, 0.25) is 5.91 Å². The number of fused-ring (bicyclic) bond motifs is 1. The van der Waals surface area contributed by atoms with Gasteiger partial charge in [-0.25, -0.2) is 14.1 Å². The van der Waals surface area contributed by atoms with Crippen LogP contribution in [-0.2, 0) is 17.8 Å². The summed E-state index contributed by atoms with van der Waals surface area (Å²) >= 11 is 0. The number of benzene rings is 1. The summed E-state index contributed by atoms with van der Waals surface area (Å²) in [4.78, 5) is 19.1. The first kappa shape index (κ1) is 21.7. The fourth-order valence-corrected chi connectivity index (χ4v) is 3.73. The van der Waals surface area contributed by atoms with E-state index in [0.29, 0.717) is 19.4 Å². The van der Waals surface area contributed by atoms with E-state index in [1.54, 1.807) is 24.1 Å². The molecule has 0 radical (unpaired) electrons. The number of carbonyl (C=O) groups excluding carboxylic acids is 1. The van der Waals surface area contributed by atoms with Crippen LogP contribution in [0, 0.1) is 19.7 Å². The van der Waals surface area contributed by atoms with E-state index >= 15 is 0 Å². The zero-order chi connectivity index (χ0) is 22.0. The van der Waals surface area contributed by atoms with E-state index in [4.69, 9.17) is 9.72 Å². The summed E-state index contributed by atoms with van der Waals surface area (Å²) in [5.74, 6) is -0.228. The molecule has 0 saturated carbocycles. The van der Waals surface area contributed by atoms with Gasteiger partial charge in [0.1, 0.15) is 0 Å². The van der Waals surface area contributed by atoms with Crippen LogP contribution in [0.25, 0.3) is 11.0 Å². The molecule has 0 atom stereocenters. The Morgan fingerprint density at radius 1 is 1.30 bits per heavy atom. The molecule has 0 fully saturated rings. The van der Waals surface area contributed by atoms with Crippen LogP contribution in [-0.4, -0.2) is 39.7 Å². The minimum atomic E-state index is -0.427. The van der Waals surface area contributed by atoms with E-state index in [2.05, 4.69) is 25.9 Å². The molecule has 0 aliphatic rings. The fraction of sp³-hybridized carbons (Fsp3) is 0.435. The van der Waals surface area contributed by atoms with Crippen molar-refractivity contribution < 1.29 is 13.9 Å². The van der Waals surface area contributed by atoms with Crippen LogP contribution >= 0.6 is 0 Å². The number of pyridine rings is 1. The lowest BCUT2D eigenvalue weighted by Gasteiger charge is -2.18. The van der Waals surface area contributed by atoms with Crippen molar-refractivity contribution >= 4 is 16.9 Å². The van der Waals surface area contributed by atoms with E-state index in [1.165, 1.54) is 13.2 Å². The van der Waals surface area contributed by atoms with Gasteiger partial charge in [0.15, 0.2) is 17.2 Å². The minimum absolute atomic E-state index is 0.00278. The van der Waals surface area contributed by atoms with Gasteiger partial charge in [-0.1, -0.05) is 6.07 Å². The Morgan fingerprint density at radius 2 is 2.03 bits per heavy atom. The molecule has 0 aliphatic carbocycles. The predicted molar refractivity (Wildman–Crippen MR) is 115 cm³/mol. The highest BCUT2D eigenvalue weighted by Crippen LogP contribution is 2.25. The van der Waals surface area contributed by atoms with Crippen LogP contribution in [0.5, 0.6) is 5.75 Å². The summed E-state index contributed by atoms with van der Waals surface area (Å²) in [5, 5.41) is 5.49. The number of methoxy groups -OCH3 is 1. The zero-order valence-corrected chi connectivity index (χ0v) is 18.5. The van der Waals surface area contributed by atoms with Crippen molar-refractivity contribution in [2.24, 2.45) is 0 Å². The van der Waals surface area contributed by atoms with Gasteiger partial charge in [0, 0.05) is 37.1 Å². The van der Waals surface area contributed by atoms with Gasteiger partial charge in [0.25, 0.3) is 0 Å². The van der Waals surface area contributed by atoms with E-state index in [9.17, 15) is 9.18 Å². The highest BCUT2D eigenvalue weighted by molar-refractivity contribution is 5.81. The Kier molecular flexibility index (Phi) is 6.39. The molecule has 160 valence electrons. The van der Waals surface area contributed by atoms with Crippen molar-refractivity contribution in [3.8, 4) is 5.75 Å². The van der Waals surface area contributed by atoms with Gasteiger partial charge in [-0.3, -0.25) is 4.79 Å². The van der Waals surface area contributed by atoms with Crippen LogP contribution in [0.1, 0.15) is 48.7 Å². The van der Waals surface area contributed by atoms with Crippen molar-refractivity contribution in [1.29, 1.82) is 0 Å². The molecule has 0 saturated heterocycles. The molecule has 2 heterocycles. The van der Waals surface area contributed by atoms with Gasteiger partial charge in [-0.05, 0) is 62.9 Å². The van der Waals surface area contributed by atoms with Crippen LogP contribution in [0.15, 0.2) is 24.4 Å². The normalized spacial score (nSPS) is 11.3. The summed E-state index contributed by atoms with van der Waals surface area (Å²) in [6.07, 6.45) is 2.82. The van der Waals surface area contributed by atoms with Crippen molar-refractivity contribution in [2.45, 2.75) is 53.1 Å². The Morgan fingerprint density at radius 3 is 2.67 bits per heavy atom. The molecular formula is C23H29FN4O2. The predicted octanol–water partition coefficient (Wildman–Crippen LogP) is 4.37. The molecule has 0 N–H and O–H groups in total. The van der Waals surface area contributed by atoms with E-state index in [-0.39, 0.29) is 17.7 Å². The topological polar surface area (TPSA) is 60.2 Å². The third-order valence-electron chi connectivity index (χ3n) is 5.48. The summed E-state index contributed by atoms with van der Waals surface area (Å²) in [6, 6.07) is 4.98. The Bertz CT molecular complexity index is 1070.